The molecule has 0 aromatic heterocycles. The van der Waals surface area contributed by atoms with Gasteiger partial charge in [0.05, 0.1) is 10.9 Å². The topological polar surface area (TPSA) is 58.2 Å². The average molecular weight is 277 g/mol. The maximum absolute atomic E-state index is 12.0. The average Bonchev–Trinajstić information content (AvgIpc) is 2.23. The summed E-state index contributed by atoms with van der Waals surface area (Å²) in [6.07, 6.45) is 0. The summed E-state index contributed by atoms with van der Waals surface area (Å²) in [6, 6.07) is 5.12. The number of benzene rings is 1. The van der Waals surface area contributed by atoms with Gasteiger partial charge in [-0.15, -0.1) is 0 Å². The number of rotatable bonds is 5. The van der Waals surface area contributed by atoms with Crippen LogP contribution in [0.15, 0.2) is 18.2 Å². The molecule has 0 fully saturated rings. The second-order valence-corrected chi connectivity index (χ2v) is 6.51. The Kier molecular flexibility index (Phi) is 4.80. The van der Waals surface area contributed by atoms with Gasteiger partial charge in [0, 0.05) is 11.6 Å². The lowest BCUT2D eigenvalue weighted by molar-refractivity contribution is 0.583. The molecule has 96 valence electrons. The highest BCUT2D eigenvalue weighted by molar-refractivity contribution is 7.93. The normalized spacial score (nSPS) is 13.4. The molecule has 1 atom stereocenters. The fraction of sp³-hybridized carbons (Fsp3) is 0.455. The zero-order chi connectivity index (χ0) is 13.1. The number of hydrogen-bond acceptors (Lipinski definition) is 3. The van der Waals surface area contributed by atoms with E-state index >= 15 is 0 Å². The number of hydrogen-bond donors (Lipinski definition) is 2. The number of anilines is 1. The summed E-state index contributed by atoms with van der Waals surface area (Å²) in [7, 11) is -1.67. The van der Waals surface area contributed by atoms with E-state index in [4.69, 9.17) is 11.6 Å². The molecule has 0 bridgehead atoms. The van der Waals surface area contributed by atoms with Gasteiger partial charge in [-0.3, -0.25) is 4.72 Å². The van der Waals surface area contributed by atoms with Crippen LogP contribution in [-0.4, -0.2) is 27.3 Å². The van der Waals surface area contributed by atoms with Crippen LogP contribution in [0.25, 0.3) is 0 Å². The molecule has 0 saturated heterocycles. The fourth-order valence-corrected chi connectivity index (χ4v) is 2.64. The molecule has 0 spiro atoms. The molecular weight excluding hydrogens is 260 g/mol. The van der Waals surface area contributed by atoms with Crippen LogP contribution in [0, 0.1) is 6.92 Å². The molecule has 6 heteroatoms. The van der Waals surface area contributed by atoms with Crippen LogP contribution < -0.4 is 10.0 Å². The molecule has 17 heavy (non-hydrogen) atoms. The van der Waals surface area contributed by atoms with E-state index in [1.165, 1.54) is 0 Å². The summed E-state index contributed by atoms with van der Waals surface area (Å²) in [5.74, 6) is 0. The molecule has 0 aliphatic heterocycles. The lowest BCUT2D eigenvalue weighted by Gasteiger charge is -2.15. The molecule has 1 aromatic rings. The largest absolute Gasteiger partial charge is 0.318 e. The molecule has 0 radical (unpaired) electrons. The Labute approximate surface area is 107 Å². The van der Waals surface area contributed by atoms with Crippen LogP contribution in [0.3, 0.4) is 0 Å². The van der Waals surface area contributed by atoms with Crippen LogP contribution in [0.2, 0.25) is 5.02 Å². The first kappa shape index (κ1) is 14.3. The third kappa shape index (κ3) is 3.87. The van der Waals surface area contributed by atoms with Gasteiger partial charge in [0.2, 0.25) is 10.0 Å². The zero-order valence-corrected chi connectivity index (χ0v) is 11.7. The highest BCUT2D eigenvalue weighted by Crippen LogP contribution is 2.22. The smallest absolute Gasteiger partial charge is 0.236 e. The van der Waals surface area contributed by atoms with Gasteiger partial charge in [0.25, 0.3) is 0 Å². The van der Waals surface area contributed by atoms with Gasteiger partial charge < -0.3 is 5.32 Å². The zero-order valence-electron chi connectivity index (χ0n) is 10.1. The Balaban J connectivity index is 2.94. The summed E-state index contributed by atoms with van der Waals surface area (Å²) in [4.78, 5) is 0. The van der Waals surface area contributed by atoms with Crippen LogP contribution >= 0.6 is 11.6 Å². The standard InChI is InChI=1S/C11H17ClN2O2S/c1-8-4-5-10(12)6-11(8)14-17(15,16)9(2)7-13-3/h4-6,9,13-14H,7H2,1-3H3. The Bertz CT molecular complexity index is 488. The van der Waals surface area contributed by atoms with Crippen molar-refractivity contribution in [3.8, 4) is 0 Å². The van der Waals surface area contributed by atoms with Crippen LogP contribution in [-0.2, 0) is 10.0 Å². The Morgan fingerprint density at radius 1 is 1.41 bits per heavy atom. The van der Waals surface area contributed by atoms with Gasteiger partial charge in [0.15, 0.2) is 0 Å². The molecule has 1 aromatic carbocycles. The Hall–Kier alpha value is -0.780. The van der Waals surface area contributed by atoms with Crippen LogP contribution in [0.5, 0.6) is 0 Å². The van der Waals surface area contributed by atoms with E-state index in [2.05, 4.69) is 10.0 Å². The number of aryl methyl sites for hydroxylation is 1. The summed E-state index contributed by atoms with van der Waals surface area (Å²) >= 11 is 5.84. The van der Waals surface area contributed by atoms with Gasteiger partial charge in [-0.05, 0) is 38.6 Å². The maximum Gasteiger partial charge on any atom is 0.236 e. The van der Waals surface area contributed by atoms with Crippen molar-refractivity contribution in [2.24, 2.45) is 0 Å². The van der Waals surface area contributed by atoms with E-state index in [0.29, 0.717) is 17.3 Å². The van der Waals surface area contributed by atoms with Crippen molar-refractivity contribution in [3.63, 3.8) is 0 Å². The predicted octanol–water partition coefficient (Wildman–Crippen LogP) is 2.00. The summed E-state index contributed by atoms with van der Waals surface area (Å²) in [5.41, 5.74) is 1.37. The van der Waals surface area contributed by atoms with Crippen molar-refractivity contribution in [2.75, 3.05) is 18.3 Å². The summed E-state index contributed by atoms with van der Waals surface area (Å²) < 4.78 is 26.5. The molecule has 4 nitrogen and oxygen atoms in total. The maximum atomic E-state index is 12.0. The van der Waals surface area contributed by atoms with E-state index < -0.39 is 15.3 Å². The minimum atomic E-state index is -3.39. The molecule has 0 heterocycles. The van der Waals surface area contributed by atoms with E-state index in [1.54, 1.807) is 32.2 Å². The first-order chi connectivity index (χ1) is 7.86. The molecule has 1 unspecified atom stereocenters. The van der Waals surface area contributed by atoms with Crippen molar-refractivity contribution in [1.29, 1.82) is 0 Å². The van der Waals surface area contributed by atoms with Gasteiger partial charge in [0.1, 0.15) is 0 Å². The first-order valence-electron chi connectivity index (χ1n) is 5.29. The van der Waals surface area contributed by atoms with Crippen LogP contribution in [0.1, 0.15) is 12.5 Å². The van der Waals surface area contributed by atoms with Crippen molar-refractivity contribution < 1.29 is 8.42 Å². The highest BCUT2D eigenvalue weighted by atomic mass is 35.5. The van der Waals surface area contributed by atoms with Gasteiger partial charge in [-0.1, -0.05) is 17.7 Å². The second kappa shape index (κ2) is 5.71. The minimum Gasteiger partial charge on any atom is -0.318 e. The van der Waals surface area contributed by atoms with Gasteiger partial charge in [-0.25, -0.2) is 8.42 Å². The SMILES string of the molecule is CNCC(C)S(=O)(=O)Nc1cc(Cl)ccc1C. The minimum absolute atomic E-state index is 0.398. The fourth-order valence-electron chi connectivity index (χ4n) is 1.36. The lowest BCUT2D eigenvalue weighted by Crippen LogP contribution is -2.33. The van der Waals surface area contributed by atoms with E-state index in [9.17, 15) is 8.42 Å². The summed E-state index contributed by atoms with van der Waals surface area (Å²) in [5, 5.41) is 2.84. The third-order valence-electron chi connectivity index (χ3n) is 2.47. The predicted molar refractivity (Wildman–Crippen MR) is 72.1 cm³/mol. The van der Waals surface area contributed by atoms with Crippen molar-refractivity contribution in [1.82, 2.24) is 5.32 Å². The van der Waals surface area contributed by atoms with E-state index in [-0.39, 0.29) is 0 Å². The molecule has 0 aliphatic carbocycles. The lowest BCUT2D eigenvalue weighted by atomic mass is 10.2. The molecule has 0 aliphatic rings. The second-order valence-electron chi connectivity index (χ2n) is 3.97. The third-order valence-corrected chi connectivity index (χ3v) is 4.44. The quantitative estimate of drug-likeness (QED) is 0.865. The molecule has 0 saturated carbocycles. The Morgan fingerprint density at radius 2 is 2.06 bits per heavy atom. The van der Waals surface area contributed by atoms with E-state index in [1.807, 2.05) is 6.92 Å². The molecular formula is C11H17ClN2O2S. The number of nitrogens with one attached hydrogen (secondary N) is 2. The van der Waals surface area contributed by atoms with Crippen molar-refractivity contribution >= 4 is 27.3 Å². The first-order valence-corrected chi connectivity index (χ1v) is 7.21. The molecule has 2 N–H and O–H groups in total. The van der Waals surface area contributed by atoms with Gasteiger partial charge in [-0.2, -0.15) is 0 Å². The number of halogens is 1. The highest BCUT2D eigenvalue weighted by Gasteiger charge is 2.20. The Morgan fingerprint density at radius 3 is 2.65 bits per heavy atom. The number of sulfonamides is 1. The van der Waals surface area contributed by atoms with Crippen molar-refractivity contribution in [3.05, 3.63) is 28.8 Å². The van der Waals surface area contributed by atoms with E-state index in [0.717, 1.165) is 5.56 Å². The summed E-state index contributed by atoms with van der Waals surface area (Å²) in [6.45, 7) is 3.88. The monoisotopic (exact) mass is 276 g/mol. The molecule has 1 rings (SSSR count). The van der Waals surface area contributed by atoms with Crippen LogP contribution in [0.4, 0.5) is 5.69 Å². The van der Waals surface area contributed by atoms with Crippen molar-refractivity contribution in [2.45, 2.75) is 19.1 Å². The van der Waals surface area contributed by atoms with Gasteiger partial charge >= 0.3 is 0 Å². The molecule has 0 amide bonds.